The van der Waals surface area contributed by atoms with Gasteiger partial charge in [0.05, 0.1) is 4.88 Å². The zero-order chi connectivity index (χ0) is 19.1. The molecule has 3 aromatic rings. The molecule has 0 fully saturated rings. The number of carbonyl (C=O) groups excluding carboxylic acids is 2. The van der Waals surface area contributed by atoms with Gasteiger partial charge < -0.3 is 4.74 Å². The minimum atomic E-state index is -0.989. The molecule has 0 atom stereocenters. The van der Waals surface area contributed by atoms with E-state index in [4.69, 9.17) is 4.74 Å². The summed E-state index contributed by atoms with van der Waals surface area (Å²) in [5, 5.41) is 2.39. The Morgan fingerprint density at radius 1 is 1.22 bits per heavy atom. The molecule has 0 aliphatic carbocycles. The van der Waals surface area contributed by atoms with Crippen molar-refractivity contribution in [2.24, 2.45) is 0 Å². The van der Waals surface area contributed by atoms with E-state index in [2.05, 4.69) is 26.2 Å². The molecule has 5 nitrogen and oxygen atoms in total. The van der Waals surface area contributed by atoms with E-state index in [1.165, 1.54) is 0 Å². The predicted molar refractivity (Wildman–Crippen MR) is 98.7 cm³/mol. The molecule has 9 heteroatoms. The van der Waals surface area contributed by atoms with Crippen LogP contribution in [0.15, 0.2) is 40.9 Å². The highest BCUT2D eigenvalue weighted by Gasteiger charge is 2.27. The molecule has 4 rings (SSSR count). The SMILES string of the molecule is O=C1OCc2ccc(Br)cc2-c2sc(NC(=O)c3c(F)cccc3F)nc21. The summed E-state index contributed by atoms with van der Waals surface area (Å²) < 4.78 is 33.6. The molecule has 136 valence electrons. The number of fused-ring (bicyclic) bond motifs is 3. The van der Waals surface area contributed by atoms with Crippen LogP contribution >= 0.6 is 27.3 Å². The molecular formula is C18H9BrF2N2O3S. The van der Waals surface area contributed by atoms with Crippen LogP contribution in [0.2, 0.25) is 0 Å². The first-order valence-corrected chi connectivity index (χ1v) is 9.27. The van der Waals surface area contributed by atoms with Gasteiger partial charge in [-0.15, -0.1) is 0 Å². The van der Waals surface area contributed by atoms with Gasteiger partial charge in [0.2, 0.25) is 0 Å². The average Bonchev–Trinajstić information content (AvgIpc) is 2.99. The van der Waals surface area contributed by atoms with Gasteiger partial charge in [-0.3, -0.25) is 10.1 Å². The number of nitrogens with one attached hydrogen (secondary N) is 1. The lowest BCUT2D eigenvalue weighted by atomic mass is 10.1. The Bertz CT molecular complexity index is 1080. The molecule has 1 N–H and O–H groups in total. The second-order valence-electron chi connectivity index (χ2n) is 5.63. The summed E-state index contributed by atoms with van der Waals surface area (Å²) in [6.07, 6.45) is 0. The second kappa shape index (κ2) is 6.82. The molecule has 1 aliphatic heterocycles. The molecule has 1 aliphatic rings. The van der Waals surface area contributed by atoms with Gasteiger partial charge in [-0.2, -0.15) is 0 Å². The zero-order valence-corrected chi connectivity index (χ0v) is 15.8. The summed E-state index contributed by atoms with van der Waals surface area (Å²) in [6.45, 7) is 0.104. The summed E-state index contributed by atoms with van der Waals surface area (Å²) >= 11 is 4.41. The van der Waals surface area contributed by atoms with Crippen molar-refractivity contribution >= 4 is 44.3 Å². The molecule has 2 aromatic carbocycles. The molecule has 1 aromatic heterocycles. The van der Waals surface area contributed by atoms with E-state index in [0.717, 1.165) is 45.1 Å². The van der Waals surface area contributed by atoms with E-state index >= 15 is 0 Å². The molecule has 2 heterocycles. The van der Waals surface area contributed by atoms with Crippen molar-refractivity contribution in [3.63, 3.8) is 0 Å². The molecule has 0 bridgehead atoms. The largest absolute Gasteiger partial charge is 0.456 e. The number of anilines is 1. The third-order valence-electron chi connectivity index (χ3n) is 3.91. The van der Waals surface area contributed by atoms with Crippen LogP contribution in [-0.2, 0) is 11.3 Å². The number of ether oxygens (including phenoxy) is 1. The number of hydrogen-bond acceptors (Lipinski definition) is 5. The van der Waals surface area contributed by atoms with Crippen molar-refractivity contribution in [3.05, 3.63) is 69.3 Å². The highest BCUT2D eigenvalue weighted by Crippen LogP contribution is 2.39. The van der Waals surface area contributed by atoms with Crippen LogP contribution in [0.5, 0.6) is 0 Å². The second-order valence-corrected chi connectivity index (χ2v) is 7.54. The summed E-state index contributed by atoms with van der Waals surface area (Å²) in [5.41, 5.74) is 0.849. The van der Waals surface area contributed by atoms with Crippen LogP contribution in [0.4, 0.5) is 13.9 Å². The van der Waals surface area contributed by atoms with Gasteiger partial charge in [0.1, 0.15) is 23.8 Å². The fourth-order valence-corrected chi connectivity index (χ4v) is 4.03. The third-order valence-corrected chi connectivity index (χ3v) is 5.40. The summed E-state index contributed by atoms with van der Waals surface area (Å²) in [6, 6.07) is 8.59. The Balaban J connectivity index is 1.74. The lowest BCUT2D eigenvalue weighted by Gasteiger charge is -2.06. The van der Waals surface area contributed by atoms with E-state index in [-0.39, 0.29) is 17.4 Å². The summed E-state index contributed by atoms with van der Waals surface area (Å²) in [5.74, 6) is -3.60. The monoisotopic (exact) mass is 450 g/mol. The number of rotatable bonds is 2. The Labute approximate surface area is 164 Å². The van der Waals surface area contributed by atoms with E-state index < -0.39 is 29.1 Å². The minimum absolute atomic E-state index is 0.0393. The van der Waals surface area contributed by atoms with Crippen LogP contribution in [0, 0.1) is 11.6 Å². The van der Waals surface area contributed by atoms with E-state index in [0.29, 0.717) is 4.88 Å². The molecule has 0 saturated carbocycles. The van der Waals surface area contributed by atoms with Crippen molar-refractivity contribution < 1.29 is 23.1 Å². The van der Waals surface area contributed by atoms with Gasteiger partial charge in [-0.1, -0.05) is 39.4 Å². The van der Waals surface area contributed by atoms with Gasteiger partial charge in [0.25, 0.3) is 5.91 Å². The number of halogens is 3. The van der Waals surface area contributed by atoms with Gasteiger partial charge in [0.15, 0.2) is 10.8 Å². The summed E-state index contributed by atoms with van der Waals surface area (Å²) in [4.78, 5) is 29.1. The molecular weight excluding hydrogens is 442 g/mol. The van der Waals surface area contributed by atoms with Crippen LogP contribution in [-0.4, -0.2) is 16.9 Å². The highest BCUT2D eigenvalue weighted by atomic mass is 79.9. The lowest BCUT2D eigenvalue weighted by molar-refractivity contribution is 0.0472. The number of carbonyl (C=O) groups is 2. The highest BCUT2D eigenvalue weighted by molar-refractivity contribution is 9.10. The molecule has 0 spiro atoms. The number of amides is 1. The Hall–Kier alpha value is -2.65. The van der Waals surface area contributed by atoms with E-state index in [1.807, 2.05) is 18.2 Å². The Morgan fingerprint density at radius 3 is 2.70 bits per heavy atom. The van der Waals surface area contributed by atoms with E-state index in [9.17, 15) is 18.4 Å². The van der Waals surface area contributed by atoms with Crippen molar-refractivity contribution in [3.8, 4) is 10.4 Å². The standard InChI is InChI=1S/C18H9BrF2N2O3S/c19-9-5-4-8-7-26-17(25)14-15(10(8)6-9)27-18(22-14)23-16(24)13-11(20)2-1-3-12(13)21/h1-6H,7H2,(H,22,23,24). The first-order chi connectivity index (χ1) is 12.9. The topological polar surface area (TPSA) is 68.3 Å². The molecule has 0 unspecified atom stereocenters. The quantitative estimate of drug-likeness (QED) is 0.570. The molecule has 0 radical (unpaired) electrons. The van der Waals surface area contributed by atoms with Crippen LogP contribution in [0.25, 0.3) is 10.4 Å². The number of thiazole rings is 1. The fourth-order valence-electron chi connectivity index (χ4n) is 2.67. The Morgan fingerprint density at radius 2 is 1.96 bits per heavy atom. The number of benzene rings is 2. The lowest BCUT2D eigenvalue weighted by Crippen LogP contribution is -2.16. The Kier molecular flexibility index (Phi) is 4.48. The van der Waals surface area contributed by atoms with Gasteiger partial charge >= 0.3 is 5.97 Å². The maximum Gasteiger partial charge on any atom is 0.358 e. The smallest absolute Gasteiger partial charge is 0.358 e. The number of aromatic nitrogens is 1. The average molecular weight is 451 g/mol. The summed E-state index contributed by atoms with van der Waals surface area (Å²) in [7, 11) is 0. The zero-order valence-electron chi connectivity index (χ0n) is 13.4. The molecule has 0 saturated heterocycles. The van der Waals surface area contributed by atoms with Crippen molar-refractivity contribution in [1.29, 1.82) is 0 Å². The van der Waals surface area contributed by atoms with Gasteiger partial charge in [0, 0.05) is 10.0 Å². The maximum atomic E-state index is 13.8. The number of cyclic esters (lactones) is 1. The minimum Gasteiger partial charge on any atom is -0.456 e. The van der Waals surface area contributed by atoms with Gasteiger partial charge in [-0.05, 0) is 29.8 Å². The fraction of sp³-hybridized carbons (Fsp3) is 0.0556. The first kappa shape index (κ1) is 17.7. The van der Waals surface area contributed by atoms with Crippen LogP contribution in [0.3, 0.4) is 0 Å². The predicted octanol–water partition coefficient (Wildman–Crippen LogP) is 4.77. The molecule has 27 heavy (non-hydrogen) atoms. The van der Waals surface area contributed by atoms with Crippen molar-refractivity contribution in [1.82, 2.24) is 4.98 Å². The number of hydrogen-bond donors (Lipinski definition) is 1. The van der Waals surface area contributed by atoms with E-state index in [1.54, 1.807) is 0 Å². The van der Waals surface area contributed by atoms with Crippen LogP contribution in [0.1, 0.15) is 26.4 Å². The van der Waals surface area contributed by atoms with Crippen molar-refractivity contribution in [2.45, 2.75) is 6.61 Å². The maximum absolute atomic E-state index is 13.8. The van der Waals surface area contributed by atoms with Gasteiger partial charge in [-0.25, -0.2) is 18.6 Å². The third kappa shape index (κ3) is 3.24. The van der Waals surface area contributed by atoms with Crippen LogP contribution < -0.4 is 5.32 Å². The number of esters is 1. The van der Waals surface area contributed by atoms with Crippen molar-refractivity contribution in [2.75, 3.05) is 5.32 Å². The normalized spacial score (nSPS) is 12.6. The number of nitrogens with zero attached hydrogens (tertiary/aromatic N) is 1. The molecule has 1 amide bonds. The first-order valence-electron chi connectivity index (χ1n) is 7.66.